The SMILES string of the molecule is Cc1nc2sc(C(N)=O)c(N)c2c2c1CCC(C)(C)C2. The first kappa shape index (κ1) is 13.4. The van der Waals surface area contributed by atoms with Crippen molar-refractivity contribution in [3.05, 3.63) is 21.7 Å². The van der Waals surface area contributed by atoms with Crippen LogP contribution >= 0.6 is 11.3 Å². The third-order valence-corrected chi connectivity index (χ3v) is 5.34. The van der Waals surface area contributed by atoms with E-state index in [2.05, 4.69) is 18.8 Å². The molecule has 20 heavy (non-hydrogen) atoms. The second-order valence-corrected chi connectivity index (χ2v) is 7.38. The molecule has 1 amide bonds. The Kier molecular flexibility index (Phi) is 2.80. The van der Waals surface area contributed by atoms with Crippen molar-refractivity contribution in [1.29, 1.82) is 0 Å². The van der Waals surface area contributed by atoms with Gasteiger partial charge < -0.3 is 11.5 Å². The molecule has 4 N–H and O–H groups in total. The maximum absolute atomic E-state index is 11.5. The van der Waals surface area contributed by atoms with Crippen LogP contribution in [0.1, 0.15) is 46.8 Å². The number of fused-ring (bicyclic) bond motifs is 3. The smallest absolute Gasteiger partial charge is 0.260 e. The van der Waals surface area contributed by atoms with E-state index < -0.39 is 5.91 Å². The first-order chi connectivity index (χ1) is 9.30. The van der Waals surface area contributed by atoms with Crippen molar-refractivity contribution in [2.75, 3.05) is 5.73 Å². The molecule has 2 aromatic heterocycles. The Hall–Kier alpha value is -1.62. The summed E-state index contributed by atoms with van der Waals surface area (Å²) in [6, 6.07) is 0. The summed E-state index contributed by atoms with van der Waals surface area (Å²) in [4.78, 5) is 17.4. The number of amides is 1. The molecule has 0 aliphatic heterocycles. The molecule has 0 radical (unpaired) electrons. The van der Waals surface area contributed by atoms with E-state index in [1.807, 2.05) is 6.92 Å². The van der Waals surface area contributed by atoms with Gasteiger partial charge >= 0.3 is 0 Å². The average molecular weight is 289 g/mol. The van der Waals surface area contributed by atoms with Gasteiger partial charge in [-0.2, -0.15) is 0 Å². The van der Waals surface area contributed by atoms with Gasteiger partial charge in [-0.3, -0.25) is 4.79 Å². The lowest BCUT2D eigenvalue weighted by Crippen LogP contribution is -2.23. The topological polar surface area (TPSA) is 82.0 Å². The van der Waals surface area contributed by atoms with Gasteiger partial charge in [0.1, 0.15) is 9.71 Å². The van der Waals surface area contributed by atoms with Crippen molar-refractivity contribution in [1.82, 2.24) is 4.98 Å². The van der Waals surface area contributed by atoms with Gasteiger partial charge in [0.25, 0.3) is 5.91 Å². The molecule has 0 unspecified atom stereocenters. The molecular weight excluding hydrogens is 270 g/mol. The number of nitrogen functional groups attached to an aromatic ring is 1. The summed E-state index contributed by atoms with van der Waals surface area (Å²) in [5.74, 6) is -0.466. The first-order valence-electron chi connectivity index (χ1n) is 6.80. The number of hydrogen-bond acceptors (Lipinski definition) is 4. The lowest BCUT2D eigenvalue weighted by molar-refractivity contribution is 0.100. The summed E-state index contributed by atoms with van der Waals surface area (Å²) >= 11 is 1.31. The third kappa shape index (κ3) is 1.88. The molecule has 0 spiro atoms. The number of carbonyl (C=O) groups is 1. The van der Waals surface area contributed by atoms with Crippen LogP contribution in [0.5, 0.6) is 0 Å². The van der Waals surface area contributed by atoms with Crippen LogP contribution in [0.15, 0.2) is 0 Å². The zero-order valence-corrected chi connectivity index (χ0v) is 12.9. The van der Waals surface area contributed by atoms with E-state index in [0.29, 0.717) is 10.6 Å². The van der Waals surface area contributed by atoms with Gasteiger partial charge in [-0.05, 0) is 42.7 Å². The number of nitrogens with zero attached hydrogens (tertiary/aromatic N) is 1. The molecule has 4 nitrogen and oxygen atoms in total. The number of hydrogen-bond donors (Lipinski definition) is 2. The van der Waals surface area contributed by atoms with Gasteiger partial charge in [-0.15, -0.1) is 11.3 Å². The zero-order valence-electron chi connectivity index (χ0n) is 12.0. The van der Waals surface area contributed by atoms with Gasteiger partial charge in [-0.1, -0.05) is 13.8 Å². The highest BCUT2D eigenvalue weighted by Gasteiger charge is 2.30. The van der Waals surface area contributed by atoms with Gasteiger partial charge in [-0.25, -0.2) is 4.98 Å². The highest BCUT2D eigenvalue weighted by Crippen LogP contribution is 2.43. The summed E-state index contributed by atoms with van der Waals surface area (Å²) in [5.41, 5.74) is 16.0. The number of nitrogens with two attached hydrogens (primary N) is 2. The number of pyridine rings is 1. The van der Waals surface area contributed by atoms with Gasteiger partial charge in [0, 0.05) is 11.1 Å². The normalized spacial score (nSPS) is 17.1. The van der Waals surface area contributed by atoms with Crippen molar-refractivity contribution >= 4 is 33.1 Å². The minimum absolute atomic E-state index is 0.259. The van der Waals surface area contributed by atoms with E-state index in [9.17, 15) is 4.79 Å². The number of carbonyl (C=O) groups excluding carboxylic acids is 1. The number of aryl methyl sites for hydroxylation is 1. The summed E-state index contributed by atoms with van der Waals surface area (Å²) in [6.45, 7) is 6.58. The maximum atomic E-state index is 11.5. The fraction of sp³-hybridized carbons (Fsp3) is 0.467. The Morgan fingerprint density at radius 1 is 1.35 bits per heavy atom. The lowest BCUT2D eigenvalue weighted by atomic mass is 9.73. The molecule has 5 heteroatoms. The van der Waals surface area contributed by atoms with Crippen molar-refractivity contribution < 1.29 is 4.79 Å². The Bertz CT molecular complexity index is 731. The van der Waals surface area contributed by atoms with Crippen LogP contribution in [0.25, 0.3) is 10.2 Å². The van der Waals surface area contributed by atoms with E-state index >= 15 is 0 Å². The van der Waals surface area contributed by atoms with Crippen LogP contribution in [0, 0.1) is 12.3 Å². The second kappa shape index (κ2) is 4.19. The second-order valence-electron chi connectivity index (χ2n) is 6.38. The fourth-order valence-electron chi connectivity index (χ4n) is 3.13. The first-order valence-corrected chi connectivity index (χ1v) is 7.62. The van der Waals surface area contributed by atoms with Crippen LogP contribution in [-0.2, 0) is 12.8 Å². The summed E-state index contributed by atoms with van der Waals surface area (Å²) in [5, 5.41) is 0.956. The summed E-state index contributed by atoms with van der Waals surface area (Å²) in [6.07, 6.45) is 3.15. The summed E-state index contributed by atoms with van der Waals surface area (Å²) in [7, 11) is 0. The molecule has 1 aliphatic rings. The minimum atomic E-state index is -0.466. The maximum Gasteiger partial charge on any atom is 0.260 e. The fourth-order valence-corrected chi connectivity index (χ4v) is 4.15. The zero-order chi connectivity index (χ0) is 14.7. The van der Waals surface area contributed by atoms with Crippen LogP contribution in [-0.4, -0.2) is 10.9 Å². The van der Waals surface area contributed by atoms with Crippen LogP contribution < -0.4 is 11.5 Å². The molecule has 3 rings (SSSR count). The quantitative estimate of drug-likeness (QED) is 0.847. The molecule has 0 saturated heterocycles. The molecule has 0 aromatic carbocycles. The number of aromatic nitrogens is 1. The molecule has 2 heterocycles. The number of anilines is 1. The average Bonchev–Trinajstić information content (AvgIpc) is 2.65. The molecule has 2 aromatic rings. The highest BCUT2D eigenvalue weighted by molar-refractivity contribution is 7.21. The van der Waals surface area contributed by atoms with Gasteiger partial charge in [0.05, 0.1) is 5.69 Å². The Morgan fingerprint density at radius 3 is 2.70 bits per heavy atom. The standard InChI is InChI=1S/C15H19N3OS/c1-7-8-4-5-15(2,3)6-9(8)10-11(16)12(13(17)19)20-14(10)18-7/h4-6,16H2,1-3H3,(H2,17,19). The van der Waals surface area contributed by atoms with Crippen molar-refractivity contribution in [2.24, 2.45) is 11.1 Å². The molecule has 106 valence electrons. The van der Waals surface area contributed by atoms with E-state index in [1.54, 1.807) is 0 Å². The van der Waals surface area contributed by atoms with E-state index in [4.69, 9.17) is 11.5 Å². The number of primary amides is 1. The minimum Gasteiger partial charge on any atom is -0.397 e. The number of rotatable bonds is 1. The molecule has 1 aliphatic carbocycles. The van der Waals surface area contributed by atoms with Gasteiger partial charge in [0.15, 0.2) is 0 Å². The Morgan fingerprint density at radius 2 is 2.05 bits per heavy atom. The largest absolute Gasteiger partial charge is 0.397 e. The lowest BCUT2D eigenvalue weighted by Gasteiger charge is -2.32. The van der Waals surface area contributed by atoms with Crippen molar-refractivity contribution in [3.63, 3.8) is 0 Å². The van der Waals surface area contributed by atoms with E-state index in [0.717, 1.165) is 35.2 Å². The summed E-state index contributed by atoms with van der Waals surface area (Å²) < 4.78 is 0. The predicted octanol–water partition coefficient (Wildman–Crippen LogP) is 2.80. The molecule has 0 atom stereocenters. The van der Waals surface area contributed by atoms with Crippen LogP contribution in [0.2, 0.25) is 0 Å². The van der Waals surface area contributed by atoms with Crippen molar-refractivity contribution in [2.45, 2.75) is 40.0 Å². The van der Waals surface area contributed by atoms with Crippen LogP contribution in [0.4, 0.5) is 5.69 Å². The number of thiophene rings is 1. The Balaban J connectivity index is 2.35. The Labute approximate surface area is 122 Å². The van der Waals surface area contributed by atoms with E-state index in [1.165, 1.54) is 22.5 Å². The van der Waals surface area contributed by atoms with E-state index in [-0.39, 0.29) is 5.41 Å². The molecule has 0 fully saturated rings. The third-order valence-electron chi connectivity index (χ3n) is 4.23. The molecular formula is C15H19N3OS. The van der Waals surface area contributed by atoms with Crippen molar-refractivity contribution in [3.8, 4) is 0 Å². The molecule has 0 bridgehead atoms. The van der Waals surface area contributed by atoms with Crippen LogP contribution in [0.3, 0.4) is 0 Å². The predicted molar refractivity (Wildman–Crippen MR) is 83.1 cm³/mol. The monoisotopic (exact) mass is 289 g/mol. The molecule has 0 saturated carbocycles. The van der Waals surface area contributed by atoms with Gasteiger partial charge in [0.2, 0.25) is 0 Å². The highest BCUT2D eigenvalue weighted by atomic mass is 32.1.